The van der Waals surface area contributed by atoms with Gasteiger partial charge < -0.3 is 4.57 Å². The summed E-state index contributed by atoms with van der Waals surface area (Å²) in [7, 11) is 0. The van der Waals surface area contributed by atoms with E-state index >= 15 is 0 Å². The molecule has 2 aromatic heterocycles. The molecule has 8 aromatic rings. The topological polar surface area (TPSA) is 35.6 Å². The third-order valence-electron chi connectivity index (χ3n) is 7.40. The zero-order chi connectivity index (χ0) is 25.1. The van der Waals surface area contributed by atoms with Crippen LogP contribution in [0.1, 0.15) is 0 Å². The van der Waals surface area contributed by atoms with Crippen LogP contribution < -0.4 is 0 Å². The summed E-state index contributed by atoms with van der Waals surface area (Å²) >= 11 is 0. The van der Waals surface area contributed by atoms with Crippen LogP contribution >= 0.6 is 0 Å². The summed E-state index contributed by atoms with van der Waals surface area (Å²) in [4.78, 5) is 1.71. The Kier molecular flexibility index (Phi) is 4.49. The molecule has 0 aliphatic carbocycles. The number of para-hydroxylation sites is 3. The summed E-state index contributed by atoms with van der Waals surface area (Å²) in [5, 5.41) is 14.4. The molecule has 0 bridgehead atoms. The Labute approximate surface area is 219 Å². The number of benzene rings is 6. The fourth-order valence-corrected chi connectivity index (χ4v) is 5.67. The predicted molar refractivity (Wildman–Crippen MR) is 156 cm³/mol. The lowest BCUT2D eigenvalue weighted by atomic mass is 9.96. The largest absolute Gasteiger partial charge is 0.309 e. The fourth-order valence-electron chi connectivity index (χ4n) is 5.67. The molecular formula is C34H22N4. The van der Waals surface area contributed by atoms with Crippen LogP contribution in [0, 0.1) is 0 Å². The van der Waals surface area contributed by atoms with Crippen LogP contribution in [0.25, 0.3) is 66.1 Å². The van der Waals surface area contributed by atoms with E-state index < -0.39 is 0 Å². The van der Waals surface area contributed by atoms with Crippen LogP contribution in [0.15, 0.2) is 133 Å². The van der Waals surface area contributed by atoms with Crippen LogP contribution in [0.5, 0.6) is 0 Å². The number of aromatic nitrogens is 4. The monoisotopic (exact) mass is 486 g/mol. The van der Waals surface area contributed by atoms with Crippen molar-refractivity contribution in [3.05, 3.63) is 133 Å². The van der Waals surface area contributed by atoms with Crippen molar-refractivity contribution in [3.63, 3.8) is 0 Å². The molecule has 0 N–H and O–H groups in total. The first-order valence-corrected chi connectivity index (χ1v) is 12.8. The van der Waals surface area contributed by atoms with E-state index in [9.17, 15) is 0 Å². The Hall–Kier alpha value is -5.22. The van der Waals surface area contributed by atoms with Gasteiger partial charge in [0.1, 0.15) is 11.0 Å². The van der Waals surface area contributed by atoms with E-state index in [4.69, 9.17) is 5.10 Å². The van der Waals surface area contributed by atoms with E-state index in [2.05, 4.69) is 113 Å². The molecular weight excluding hydrogens is 464 g/mol. The predicted octanol–water partition coefficient (Wildman–Crippen LogP) is 8.34. The standard InChI is InChI=1S/C34H22N4/c1-2-10-24(11-3-1)38-35-30-20-18-23(22-31(30)36-38)25-19-21-34(27-13-5-4-12-26(25)27)37-32-16-8-6-14-28(32)29-15-7-9-17-33(29)37/h1-22H. The fraction of sp³-hybridized carbons (Fsp3) is 0. The van der Waals surface area contributed by atoms with E-state index in [0.717, 1.165) is 22.3 Å². The van der Waals surface area contributed by atoms with Gasteiger partial charge in [0.2, 0.25) is 0 Å². The number of hydrogen-bond donors (Lipinski definition) is 0. The SMILES string of the molecule is c1ccc(-n2nc3ccc(-c4ccc(-n5c6ccccc6c6ccccc65)c5ccccc45)cc3n2)cc1. The molecule has 0 saturated heterocycles. The van der Waals surface area contributed by atoms with Crippen molar-refractivity contribution in [1.29, 1.82) is 0 Å². The van der Waals surface area contributed by atoms with E-state index in [1.165, 1.54) is 43.8 Å². The molecule has 4 nitrogen and oxygen atoms in total. The second-order valence-electron chi connectivity index (χ2n) is 9.58. The number of fused-ring (bicyclic) bond motifs is 5. The quantitative estimate of drug-likeness (QED) is 0.252. The molecule has 0 atom stereocenters. The molecule has 0 fully saturated rings. The molecule has 0 saturated carbocycles. The molecule has 38 heavy (non-hydrogen) atoms. The van der Waals surface area contributed by atoms with E-state index in [1.54, 1.807) is 4.80 Å². The van der Waals surface area contributed by atoms with Crippen molar-refractivity contribution < 1.29 is 0 Å². The van der Waals surface area contributed by atoms with Crippen molar-refractivity contribution in [1.82, 2.24) is 19.6 Å². The van der Waals surface area contributed by atoms with Gasteiger partial charge in [0, 0.05) is 16.2 Å². The van der Waals surface area contributed by atoms with Crippen LogP contribution in [0.4, 0.5) is 0 Å². The summed E-state index contributed by atoms with van der Waals surface area (Å²) in [6, 6.07) is 46.9. The van der Waals surface area contributed by atoms with Crippen LogP contribution in [0.2, 0.25) is 0 Å². The minimum Gasteiger partial charge on any atom is -0.309 e. The van der Waals surface area contributed by atoms with Gasteiger partial charge in [-0.2, -0.15) is 4.80 Å². The highest BCUT2D eigenvalue weighted by Gasteiger charge is 2.16. The van der Waals surface area contributed by atoms with Crippen LogP contribution in [0.3, 0.4) is 0 Å². The maximum atomic E-state index is 4.78. The highest BCUT2D eigenvalue weighted by atomic mass is 15.5. The number of hydrogen-bond acceptors (Lipinski definition) is 2. The Bertz CT molecular complexity index is 2080. The third-order valence-corrected chi connectivity index (χ3v) is 7.40. The molecule has 0 aliphatic heterocycles. The Balaban J connectivity index is 1.34. The second-order valence-corrected chi connectivity index (χ2v) is 9.58. The van der Waals surface area contributed by atoms with Crippen LogP contribution in [-0.4, -0.2) is 19.6 Å². The van der Waals surface area contributed by atoms with Crippen molar-refractivity contribution in [2.24, 2.45) is 0 Å². The second kappa shape index (κ2) is 8.15. The van der Waals surface area contributed by atoms with E-state index in [1.807, 2.05) is 30.3 Å². The van der Waals surface area contributed by atoms with Crippen molar-refractivity contribution in [3.8, 4) is 22.5 Å². The zero-order valence-corrected chi connectivity index (χ0v) is 20.5. The summed E-state index contributed by atoms with van der Waals surface area (Å²) < 4.78 is 2.39. The molecule has 0 aliphatic rings. The lowest BCUT2D eigenvalue weighted by molar-refractivity contribution is 0.766. The molecule has 178 valence electrons. The maximum Gasteiger partial charge on any atom is 0.114 e. The minimum atomic E-state index is 0.877. The first kappa shape index (κ1) is 20.9. The van der Waals surface area contributed by atoms with Gasteiger partial charge in [-0.1, -0.05) is 91.0 Å². The first-order valence-electron chi connectivity index (χ1n) is 12.8. The lowest BCUT2D eigenvalue weighted by Crippen LogP contribution is -1.97. The highest BCUT2D eigenvalue weighted by molar-refractivity contribution is 6.11. The molecule has 6 aromatic carbocycles. The molecule has 0 spiro atoms. The van der Waals surface area contributed by atoms with Crippen molar-refractivity contribution in [2.45, 2.75) is 0 Å². The van der Waals surface area contributed by atoms with Gasteiger partial charge in [-0.3, -0.25) is 0 Å². The van der Waals surface area contributed by atoms with E-state index in [-0.39, 0.29) is 0 Å². The average Bonchev–Trinajstić information content (AvgIpc) is 3.56. The van der Waals surface area contributed by atoms with Gasteiger partial charge in [-0.05, 0) is 59.0 Å². The van der Waals surface area contributed by atoms with Gasteiger partial charge in [0.15, 0.2) is 0 Å². The van der Waals surface area contributed by atoms with Crippen molar-refractivity contribution in [2.75, 3.05) is 0 Å². The summed E-state index contributed by atoms with van der Waals surface area (Å²) in [5.74, 6) is 0. The molecule has 8 rings (SSSR count). The summed E-state index contributed by atoms with van der Waals surface area (Å²) in [5.41, 5.74) is 8.62. The molecule has 0 amide bonds. The maximum absolute atomic E-state index is 4.78. The smallest absolute Gasteiger partial charge is 0.114 e. The molecule has 4 heteroatoms. The number of rotatable bonds is 3. The zero-order valence-electron chi connectivity index (χ0n) is 20.5. The third kappa shape index (κ3) is 3.10. The minimum absolute atomic E-state index is 0.877. The normalized spacial score (nSPS) is 11.7. The first-order chi connectivity index (χ1) is 18.8. The van der Waals surface area contributed by atoms with Crippen molar-refractivity contribution >= 4 is 43.6 Å². The van der Waals surface area contributed by atoms with Gasteiger partial charge in [0.05, 0.1) is 22.4 Å². The molecule has 0 radical (unpaired) electrons. The Morgan fingerprint density at radius 1 is 0.447 bits per heavy atom. The average molecular weight is 487 g/mol. The Morgan fingerprint density at radius 3 is 1.79 bits per heavy atom. The van der Waals surface area contributed by atoms with Gasteiger partial charge >= 0.3 is 0 Å². The Morgan fingerprint density at radius 2 is 1.05 bits per heavy atom. The van der Waals surface area contributed by atoms with Crippen LogP contribution in [-0.2, 0) is 0 Å². The highest BCUT2D eigenvalue weighted by Crippen LogP contribution is 2.38. The summed E-state index contributed by atoms with van der Waals surface area (Å²) in [6.07, 6.45) is 0. The van der Waals surface area contributed by atoms with Gasteiger partial charge in [-0.25, -0.2) is 0 Å². The van der Waals surface area contributed by atoms with Gasteiger partial charge in [-0.15, -0.1) is 10.2 Å². The van der Waals surface area contributed by atoms with E-state index in [0.29, 0.717) is 0 Å². The van der Waals surface area contributed by atoms with Gasteiger partial charge in [0.25, 0.3) is 0 Å². The molecule has 2 heterocycles. The lowest BCUT2D eigenvalue weighted by Gasteiger charge is -2.15. The molecule has 0 unspecified atom stereocenters. The summed E-state index contributed by atoms with van der Waals surface area (Å²) in [6.45, 7) is 0. The number of nitrogens with zero attached hydrogens (tertiary/aromatic N) is 4.